The number of piperazine rings is 1. The van der Waals surface area contributed by atoms with E-state index in [4.69, 9.17) is 4.52 Å². The zero-order valence-corrected chi connectivity index (χ0v) is 23.3. The molecular formula is C25H27Cl2F6N5O3. The number of benzene rings is 2. The molecule has 4 rings (SSSR count). The van der Waals surface area contributed by atoms with Crippen LogP contribution in [0.15, 0.2) is 40.9 Å². The Balaban J connectivity index is 0.00000294. The molecule has 1 amide bonds. The summed E-state index contributed by atoms with van der Waals surface area (Å²) in [5.41, 5.74) is -2.57. The molecule has 16 heteroatoms. The molecular weight excluding hydrogens is 603 g/mol. The van der Waals surface area contributed by atoms with E-state index in [0.29, 0.717) is 29.2 Å². The Morgan fingerprint density at radius 3 is 2.22 bits per heavy atom. The minimum Gasteiger partial charge on any atom is -0.508 e. The number of aromatic nitrogens is 2. The van der Waals surface area contributed by atoms with Gasteiger partial charge in [0.25, 0.3) is 11.9 Å². The fraction of sp³-hybridized carbons (Fsp3) is 0.400. The number of nitrogens with zero attached hydrogens (tertiary/aromatic N) is 4. The number of hydrogen-bond donors (Lipinski definition) is 2. The number of aryl methyl sites for hydroxylation is 1. The highest BCUT2D eigenvalue weighted by Gasteiger charge is 2.39. The predicted molar refractivity (Wildman–Crippen MR) is 141 cm³/mol. The van der Waals surface area contributed by atoms with Crippen LogP contribution >= 0.6 is 24.8 Å². The SMILES string of the molecule is CNc1noc(CN2CCN(C(=O)c3cc(C(F)(F)F)cc(C(F)(F)F)c3)[C@H](Cc3ccc(C)c(O)c3)C2)n1.Cl.Cl. The molecule has 2 aromatic carbocycles. The van der Waals surface area contributed by atoms with Crippen LogP contribution in [0.25, 0.3) is 0 Å². The first-order chi connectivity index (χ1) is 18.2. The van der Waals surface area contributed by atoms with Crippen LogP contribution < -0.4 is 5.32 Å². The summed E-state index contributed by atoms with van der Waals surface area (Å²) in [6.07, 6.45) is -9.97. The highest BCUT2D eigenvalue weighted by molar-refractivity contribution is 5.95. The van der Waals surface area contributed by atoms with E-state index in [2.05, 4.69) is 15.5 Å². The van der Waals surface area contributed by atoms with Gasteiger partial charge in [-0.05, 0) is 53.9 Å². The van der Waals surface area contributed by atoms with E-state index < -0.39 is 41.0 Å². The van der Waals surface area contributed by atoms with Crippen LogP contribution in [0, 0.1) is 6.92 Å². The Hall–Kier alpha value is -3.23. The monoisotopic (exact) mass is 629 g/mol. The lowest BCUT2D eigenvalue weighted by Gasteiger charge is -2.41. The lowest BCUT2D eigenvalue weighted by molar-refractivity contribution is -0.143. The summed E-state index contributed by atoms with van der Waals surface area (Å²) in [6.45, 7) is 2.40. The van der Waals surface area contributed by atoms with Crippen LogP contribution in [0.5, 0.6) is 5.75 Å². The third kappa shape index (κ3) is 8.17. The molecule has 1 aliphatic rings. The van der Waals surface area contributed by atoms with Gasteiger partial charge in [0.1, 0.15) is 5.75 Å². The van der Waals surface area contributed by atoms with Gasteiger partial charge < -0.3 is 19.8 Å². The molecule has 3 aromatic rings. The fourth-order valence-electron chi connectivity index (χ4n) is 4.42. The van der Waals surface area contributed by atoms with Gasteiger partial charge in [-0.15, -0.1) is 24.8 Å². The lowest BCUT2D eigenvalue weighted by atomic mass is 9.98. The second-order valence-electron chi connectivity index (χ2n) is 9.27. The molecule has 1 saturated heterocycles. The number of nitrogens with one attached hydrogen (secondary N) is 1. The van der Waals surface area contributed by atoms with Crippen molar-refractivity contribution in [3.8, 4) is 5.75 Å². The van der Waals surface area contributed by atoms with Gasteiger partial charge in [0.05, 0.1) is 17.7 Å². The van der Waals surface area contributed by atoms with Crippen molar-refractivity contribution in [1.82, 2.24) is 19.9 Å². The minimum atomic E-state index is -5.08. The van der Waals surface area contributed by atoms with Gasteiger partial charge >= 0.3 is 12.4 Å². The Morgan fingerprint density at radius 2 is 1.68 bits per heavy atom. The first-order valence-electron chi connectivity index (χ1n) is 11.9. The number of phenols is 1. The molecule has 1 aliphatic heterocycles. The van der Waals surface area contributed by atoms with Gasteiger partial charge in [-0.2, -0.15) is 31.3 Å². The lowest BCUT2D eigenvalue weighted by Crippen LogP contribution is -2.55. The number of alkyl halides is 6. The number of anilines is 1. The van der Waals surface area contributed by atoms with Crippen LogP contribution in [0.3, 0.4) is 0 Å². The summed E-state index contributed by atoms with van der Waals surface area (Å²) in [7, 11) is 1.62. The third-order valence-electron chi connectivity index (χ3n) is 6.46. The molecule has 0 unspecified atom stereocenters. The quantitative estimate of drug-likeness (QED) is 0.344. The number of hydrogen-bond acceptors (Lipinski definition) is 7. The summed E-state index contributed by atoms with van der Waals surface area (Å²) in [5, 5.41) is 16.6. The maximum absolute atomic E-state index is 13.5. The summed E-state index contributed by atoms with van der Waals surface area (Å²) in [5.74, 6) is -0.367. The first-order valence-corrected chi connectivity index (χ1v) is 11.9. The average Bonchev–Trinajstić information content (AvgIpc) is 3.32. The number of carbonyl (C=O) groups excluding carboxylic acids is 1. The number of rotatable bonds is 6. The van der Waals surface area contributed by atoms with Gasteiger partial charge in [-0.25, -0.2) is 0 Å². The predicted octanol–water partition coefficient (Wildman–Crippen LogP) is 5.58. The summed E-state index contributed by atoms with van der Waals surface area (Å²) < 4.78 is 85.7. The van der Waals surface area contributed by atoms with E-state index >= 15 is 0 Å². The molecule has 0 saturated carbocycles. The maximum Gasteiger partial charge on any atom is 0.416 e. The highest BCUT2D eigenvalue weighted by Crippen LogP contribution is 2.37. The zero-order chi connectivity index (χ0) is 28.5. The van der Waals surface area contributed by atoms with E-state index in [-0.39, 0.29) is 75.2 Å². The minimum absolute atomic E-state index is 0. The van der Waals surface area contributed by atoms with E-state index in [9.17, 15) is 36.2 Å². The molecule has 226 valence electrons. The van der Waals surface area contributed by atoms with Crippen molar-refractivity contribution in [2.45, 2.75) is 38.3 Å². The summed E-state index contributed by atoms with van der Waals surface area (Å²) in [6, 6.07) is 5.15. The molecule has 1 fully saturated rings. The number of aromatic hydroxyl groups is 1. The zero-order valence-electron chi connectivity index (χ0n) is 21.7. The largest absolute Gasteiger partial charge is 0.508 e. The molecule has 2 heterocycles. The topological polar surface area (TPSA) is 94.7 Å². The van der Waals surface area contributed by atoms with Crippen LogP contribution in [0.2, 0.25) is 0 Å². The number of amides is 1. The Kier molecular flexibility index (Phi) is 10.9. The van der Waals surface area contributed by atoms with Gasteiger partial charge in [-0.1, -0.05) is 12.1 Å². The van der Waals surface area contributed by atoms with Gasteiger partial charge in [0.2, 0.25) is 5.89 Å². The average molecular weight is 630 g/mol. The van der Waals surface area contributed by atoms with E-state index in [1.807, 2.05) is 4.90 Å². The molecule has 1 atom stereocenters. The van der Waals surface area contributed by atoms with Crippen LogP contribution in [-0.2, 0) is 25.3 Å². The van der Waals surface area contributed by atoms with Crippen molar-refractivity contribution < 1.29 is 40.8 Å². The van der Waals surface area contributed by atoms with Crippen molar-refractivity contribution in [2.75, 3.05) is 32.0 Å². The fourth-order valence-corrected chi connectivity index (χ4v) is 4.42. The Bertz CT molecular complexity index is 1320. The number of phenolic OH excluding ortho intramolecular Hbond substituents is 1. The van der Waals surface area contributed by atoms with Crippen LogP contribution in [-0.4, -0.2) is 63.7 Å². The van der Waals surface area contributed by atoms with E-state index in [0.717, 1.165) is 0 Å². The Morgan fingerprint density at radius 1 is 1.05 bits per heavy atom. The third-order valence-corrected chi connectivity index (χ3v) is 6.46. The van der Waals surface area contributed by atoms with Crippen LogP contribution in [0.1, 0.15) is 38.5 Å². The molecule has 2 N–H and O–H groups in total. The number of halogens is 8. The molecule has 0 aliphatic carbocycles. The van der Waals surface area contributed by atoms with Crippen molar-refractivity contribution in [3.05, 3.63) is 70.1 Å². The maximum atomic E-state index is 13.5. The van der Waals surface area contributed by atoms with E-state index in [1.165, 1.54) is 11.0 Å². The highest BCUT2D eigenvalue weighted by atomic mass is 35.5. The van der Waals surface area contributed by atoms with Gasteiger partial charge in [-0.3, -0.25) is 9.69 Å². The van der Waals surface area contributed by atoms with Crippen molar-refractivity contribution in [1.29, 1.82) is 0 Å². The molecule has 0 bridgehead atoms. The smallest absolute Gasteiger partial charge is 0.416 e. The van der Waals surface area contributed by atoms with Crippen molar-refractivity contribution >= 4 is 36.7 Å². The molecule has 0 spiro atoms. The van der Waals surface area contributed by atoms with Crippen molar-refractivity contribution in [2.24, 2.45) is 0 Å². The van der Waals surface area contributed by atoms with Crippen LogP contribution in [0.4, 0.5) is 32.3 Å². The second-order valence-corrected chi connectivity index (χ2v) is 9.27. The summed E-state index contributed by atoms with van der Waals surface area (Å²) in [4.78, 5) is 20.8. The van der Waals surface area contributed by atoms with Crippen molar-refractivity contribution in [3.63, 3.8) is 0 Å². The molecule has 41 heavy (non-hydrogen) atoms. The molecule has 1 aromatic heterocycles. The first kappa shape index (κ1) is 34.0. The Labute approximate surface area is 243 Å². The normalized spacial score (nSPS) is 16.1. The van der Waals surface area contributed by atoms with Gasteiger partial charge in [0.15, 0.2) is 0 Å². The van der Waals surface area contributed by atoms with E-state index in [1.54, 1.807) is 26.1 Å². The second kappa shape index (κ2) is 13.2. The summed E-state index contributed by atoms with van der Waals surface area (Å²) >= 11 is 0. The molecule has 8 nitrogen and oxygen atoms in total. The van der Waals surface area contributed by atoms with Gasteiger partial charge in [0, 0.05) is 38.3 Å². The standard InChI is InChI=1S/C25H25F6N5O3.2ClH/c1-14-3-4-15(8-20(14)37)7-19-12-35(13-21-33-23(32-2)34-39-21)5-6-36(19)22(38)16-9-17(24(26,27)28)11-18(10-16)25(29,30)31;;/h3-4,8-11,19,37H,5-7,12-13H2,1-2H3,(H,32,34);2*1H/t19-;;/m1../s1. The number of carbonyl (C=O) groups is 1. The molecule has 0 radical (unpaired) electrons.